The summed E-state index contributed by atoms with van der Waals surface area (Å²) in [6.07, 6.45) is 5.13. The van der Waals surface area contributed by atoms with Crippen LogP contribution >= 0.6 is 0 Å². The second kappa shape index (κ2) is 10.4. The SMILES string of the molecule is CCCCOc1ccc(NC(=O)C2(c3ccc(F)cc3)CCCC2)cc1C(=O)OCC. The molecule has 1 aliphatic rings. The van der Waals surface area contributed by atoms with Gasteiger partial charge >= 0.3 is 5.97 Å². The van der Waals surface area contributed by atoms with Crippen LogP contribution in [-0.2, 0) is 14.9 Å². The molecule has 31 heavy (non-hydrogen) atoms. The van der Waals surface area contributed by atoms with Crippen LogP contribution in [0.1, 0.15) is 68.3 Å². The maximum Gasteiger partial charge on any atom is 0.341 e. The van der Waals surface area contributed by atoms with Crippen molar-refractivity contribution < 1.29 is 23.5 Å². The molecule has 0 heterocycles. The van der Waals surface area contributed by atoms with Crippen molar-refractivity contribution in [2.24, 2.45) is 0 Å². The van der Waals surface area contributed by atoms with Gasteiger partial charge in [0.1, 0.15) is 17.1 Å². The molecule has 166 valence electrons. The number of ether oxygens (including phenoxy) is 2. The number of esters is 1. The van der Waals surface area contributed by atoms with E-state index in [4.69, 9.17) is 9.47 Å². The number of carbonyl (C=O) groups excluding carboxylic acids is 2. The van der Waals surface area contributed by atoms with Crippen LogP contribution in [0.2, 0.25) is 0 Å². The lowest BCUT2D eigenvalue weighted by atomic mass is 9.78. The number of hydrogen-bond acceptors (Lipinski definition) is 4. The van der Waals surface area contributed by atoms with Crippen molar-refractivity contribution in [2.75, 3.05) is 18.5 Å². The van der Waals surface area contributed by atoms with Gasteiger partial charge in [0.15, 0.2) is 0 Å². The third-order valence-corrected chi connectivity index (χ3v) is 5.78. The van der Waals surface area contributed by atoms with Crippen molar-refractivity contribution in [3.05, 3.63) is 59.4 Å². The van der Waals surface area contributed by atoms with Crippen LogP contribution in [0.4, 0.5) is 10.1 Å². The van der Waals surface area contributed by atoms with Gasteiger partial charge in [-0.05, 0) is 62.1 Å². The van der Waals surface area contributed by atoms with E-state index >= 15 is 0 Å². The molecule has 1 saturated carbocycles. The molecule has 0 aliphatic heterocycles. The molecule has 0 unspecified atom stereocenters. The number of hydrogen-bond donors (Lipinski definition) is 1. The minimum absolute atomic E-state index is 0.147. The predicted molar refractivity (Wildman–Crippen MR) is 118 cm³/mol. The minimum Gasteiger partial charge on any atom is -0.493 e. The van der Waals surface area contributed by atoms with E-state index in [9.17, 15) is 14.0 Å². The summed E-state index contributed by atoms with van der Waals surface area (Å²) < 4.78 is 24.3. The summed E-state index contributed by atoms with van der Waals surface area (Å²) in [7, 11) is 0. The summed E-state index contributed by atoms with van der Waals surface area (Å²) in [6.45, 7) is 4.56. The third-order valence-electron chi connectivity index (χ3n) is 5.78. The summed E-state index contributed by atoms with van der Waals surface area (Å²) in [5.74, 6) is -0.515. The number of carbonyl (C=O) groups is 2. The molecule has 0 saturated heterocycles. The molecular formula is C25H30FNO4. The molecular weight excluding hydrogens is 397 g/mol. The summed E-state index contributed by atoms with van der Waals surface area (Å²) in [4.78, 5) is 25.8. The van der Waals surface area contributed by atoms with Crippen molar-refractivity contribution in [1.82, 2.24) is 0 Å². The van der Waals surface area contributed by atoms with Crippen LogP contribution in [-0.4, -0.2) is 25.1 Å². The smallest absolute Gasteiger partial charge is 0.341 e. The molecule has 3 rings (SSSR count). The van der Waals surface area contributed by atoms with Crippen LogP contribution in [0.25, 0.3) is 0 Å². The molecule has 1 fully saturated rings. The summed E-state index contributed by atoms with van der Waals surface area (Å²) in [5.41, 5.74) is 0.907. The number of nitrogens with one attached hydrogen (secondary N) is 1. The molecule has 2 aromatic rings. The zero-order valence-electron chi connectivity index (χ0n) is 18.2. The zero-order chi connectivity index (χ0) is 22.3. The Bertz CT molecular complexity index is 904. The fourth-order valence-corrected chi connectivity index (χ4v) is 4.07. The fourth-order valence-electron chi connectivity index (χ4n) is 4.07. The van der Waals surface area contributed by atoms with Gasteiger partial charge in [-0.1, -0.05) is 38.3 Å². The van der Waals surface area contributed by atoms with E-state index < -0.39 is 11.4 Å². The largest absolute Gasteiger partial charge is 0.493 e. The number of amides is 1. The van der Waals surface area contributed by atoms with Gasteiger partial charge in [-0.3, -0.25) is 4.79 Å². The highest BCUT2D eigenvalue weighted by atomic mass is 19.1. The Morgan fingerprint density at radius 3 is 2.42 bits per heavy atom. The highest BCUT2D eigenvalue weighted by molar-refractivity contribution is 6.01. The van der Waals surface area contributed by atoms with Crippen LogP contribution in [0.5, 0.6) is 5.75 Å². The number of unbranched alkanes of at least 4 members (excludes halogenated alkanes) is 1. The molecule has 1 aliphatic carbocycles. The first-order valence-electron chi connectivity index (χ1n) is 11.0. The van der Waals surface area contributed by atoms with Gasteiger partial charge < -0.3 is 14.8 Å². The van der Waals surface area contributed by atoms with Gasteiger partial charge in [-0.15, -0.1) is 0 Å². The van der Waals surface area contributed by atoms with E-state index in [2.05, 4.69) is 12.2 Å². The van der Waals surface area contributed by atoms with Gasteiger partial charge in [0, 0.05) is 5.69 Å². The van der Waals surface area contributed by atoms with Gasteiger partial charge in [0.2, 0.25) is 5.91 Å². The zero-order valence-corrected chi connectivity index (χ0v) is 18.2. The van der Waals surface area contributed by atoms with Gasteiger partial charge in [-0.2, -0.15) is 0 Å². The molecule has 0 radical (unpaired) electrons. The van der Waals surface area contributed by atoms with E-state index in [1.54, 1.807) is 37.3 Å². The van der Waals surface area contributed by atoms with E-state index in [0.717, 1.165) is 31.2 Å². The Morgan fingerprint density at radius 2 is 1.77 bits per heavy atom. The normalized spacial score (nSPS) is 14.8. The molecule has 0 spiro atoms. The lowest BCUT2D eigenvalue weighted by Gasteiger charge is -2.28. The third kappa shape index (κ3) is 5.24. The summed E-state index contributed by atoms with van der Waals surface area (Å²) in [5, 5.41) is 2.97. The number of anilines is 1. The number of benzene rings is 2. The van der Waals surface area contributed by atoms with Crippen molar-refractivity contribution in [2.45, 2.75) is 57.8 Å². The first kappa shape index (κ1) is 22.8. The molecule has 0 bridgehead atoms. The van der Waals surface area contributed by atoms with Crippen molar-refractivity contribution in [3.63, 3.8) is 0 Å². The number of rotatable bonds is 9. The van der Waals surface area contributed by atoms with Crippen molar-refractivity contribution in [3.8, 4) is 5.75 Å². The second-order valence-corrected chi connectivity index (χ2v) is 7.88. The molecule has 0 atom stereocenters. The van der Waals surface area contributed by atoms with E-state index in [0.29, 0.717) is 30.9 Å². The maximum absolute atomic E-state index is 13.4. The molecule has 1 amide bonds. The van der Waals surface area contributed by atoms with Crippen LogP contribution in [0.3, 0.4) is 0 Å². The topological polar surface area (TPSA) is 64.6 Å². The Labute approximate surface area is 182 Å². The van der Waals surface area contributed by atoms with Gasteiger partial charge in [-0.25, -0.2) is 9.18 Å². The Hall–Kier alpha value is -2.89. The standard InChI is InChI=1S/C25H30FNO4/c1-3-5-16-31-22-13-12-20(17-21(22)23(28)30-4-2)27-24(29)25(14-6-7-15-25)18-8-10-19(26)11-9-18/h8-13,17H,3-7,14-16H2,1-2H3,(H,27,29). The summed E-state index contributed by atoms with van der Waals surface area (Å²) >= 11 is 0. The highest BCUT2D eigenvalue weighted by Gasteiger charge is 2.42. The molecule has 2 aromatic carbocycles. The predicted octanol–water partition coefficient (Wildman–Crippen LogP) is 5.63. The maximum atomic E-state index is 13.4. The van der Waals surface area contributed by atoms with Gasteiger partial charge in [0.25, 0.3) is 0 Å². The number of halogens is 1. The molecule has 0 aromatic heterocycles. The Kier molecular flexibility index (Phi) is 7.66. The lowest BCUT2D eigenvalue weighted by molar-refractivity contribution is -0.121. The van der Waals surface area contributed by atoms with E-state index in [-0.39, 0.29) is 23.9 Å². The molecule has 1 N–H and O–H groups in total. The lowest BCUT2D eigenvalue weighted by Crippen LogP contribution is -2.38. The minimum atomic E-state index is -0.700. The van der Waals surface area contributed by atoms with E-state index in [1.807, 2.05) is 0 Å². The highest BCUT2D eigenvalue weighted by Crippen LogP contribution is 2.42. The van der Waals surface area contributed by atoms with Crippen molar-refractivity contribution in [1.29, 1.82) is 0 Å². The average molecular weight is 428 g/mol. The average Bonchev–Trinajstić information content (AvgIpc) is 3.26. The quantitative estimate of drug-likeness (QED) is 0.416. The van der Waals surface area contributed by atoms with Crippen molar-refractivity contribution >= 4 is 17.6 Å². The molecule has 6 heteroatoms. The van der Waals surface area contributed by atoms with E-state index in [1.165, 1.54) is 12.1 Å². The summed E-state index contributed by atoms with van der Waals surface area (Å²) in [6, 6.07) is 11.2. The van der Waals surface area contributed by atoms with Crippen LogP contribution in [0.15, 0.2) is 42.5 Å². The second-order valence-electron chi connectivity index (χ2n) is 7.88. The monoisotopic (exact) mass is 427 g/mol. The first-order valence-corrected chi connectivity index (χ1v) is 11.0. The van der Waals surface area contributed by atoms with Gasteiger partial charge in [0.05, 0.1) is 18.6 Å². The van der Waals surface area contributed by atoms with Crippen LogP contribution < -0.4 is 10.1 Å². The first-order chi connectivity index (χ1) is 15.0. The molecule has 5 nitrogen and oxygen atoms in total. The Balaban J connectivity index is 1.86. The Morgan fingerprint density at radius 1 is 1.06 bits per heavy atom. The fraction of sp³-hybridized carbons (Fsp3) is 0.440. The van der Waals surface area contributed by atoms with Crippen LogP contribution in [0, 0.1) is 5.82 Å².